The first-order chi connectivity index (χ1) is 11.8. The summed E-state index contributed by atoms with van der Waals surface area (Å²) < 4.78 is 5.96. The van der Waals surface area contributed by atoms with Crippen molar-refractivity contribution >= 4 is 41.3 Å². The largest absolute Gasteiger partial charge is 0.474 e. The monoisotopic (exact) mass is 472 g/mol. The van der Waals surface area contributed by atoms with Crippen molar-refractivity contribution in [1.29, 1.82) is 0 Å². The number of nitrogens with one attached hydrogen (secondary N) is 2. The normalized spacial score (nSPS) is 14.8. The van der Waals surface area contributed by atoms with Gasteiger partial charge in [0, 0.05) is 32.4 Å². The average Bonchev–Trinajstić information content (AvgIpc) is 3.29. The van der Waals surface area contributed by atoms with Crippen molar-refractivity contribution in [3.63, 3.8) is 0 Å². The molecule has 3 rings (SSSR count). The van der Waals surface area contributed by atoms with Gasteiger partial charge in [0.25, 0.3) is 0 Å². The van der Waals surface area contributed by atoms with Crippen molar-refractivity contribution in [2.45, 2.75) is 44.9 Å². The molecule has 2 aromatic heterocycles. The third kappa shape index (κ3) is 6.47. The molecule has 7 heteroatoms. The van der Waals surface area contributed by atoms with Gasteiger partial charge in [-0.3, -0.25) is 4.99 Å². The predicted octanol–water partition coefficient (Wildman–Crippen LogP) is 3.95. The van der Waals surface area contributed by atoms with Crippen molar-refractivity contribution in [1.82, 2.24) is 15.6 Å². The van der Waals surface area contributed by atoms with Crippen molar-refractivity contribution in [3.05, 3.63) is 46.3 Å². The number of ether oxygens (including phenoxy) is 1. The number of guanidine groups is 1. The molecule has 1 saturated carbocycles. The Hall–Kier alpha value is -1.35. The number of halogens is 1. The van der Waals surface area contributed by atoms with Crippen LogP contribution in [0.5, 0.6) is 5.88 Å². The molecule has 0 saturated heterocycles. The smallest absolute Gasteiger partial charge is 0.213 e. The molecule has 0 atom stereocenters. The number of hydrogen-bond acceptors (Lipinski definition) is 4. The summed E-state index contributed by atoms with van der Waals surface area (Å²) >= 11 is 1.70. The van der Waals surface area contributed by atoms with Gasteiger partial charge in [0.05, 0.1) is 0 Å². The first-order valence-corrected chi connectivity index (χ1v) is 9.35. The molecular weight excluding hydrogens is 447 g/mol. The molecule has 25 heavy (non-hydrogen) atoms. The molecule has 0 bridgehead atoms. The molecule has 2 N–H and O–H groups in total. The minimum absolute atomic E-state index is 0. The molecule has 0 radical (unpaired) electrons. The van der Waals surface area contributed by atoms with E-state index in [1.807, 2.05) is 18.3 Å². The molecule has 1 fully saturated rings. The van der Waals surface area contributed by atoms with E-state index in [4.69, 9.17) is 4.74 Å². The Labute approximate surface area is 170 Å². The molecule has 1 aliphatic rings. The highest BCUT2D eigenvalue weighted by atomic mass is 127. The van der Waals surface area contributed by atoms with Crippen LogP contribution in [-0.2, 0) is 13.1 Å². The number of hydrogen-bond donors (Lipinski definition) is 2. The standard InChI is InChI=1S/C18H24N4OS.HI/c1-19-18(22-12-15-7-9-24-13-15)21-11-14-6-8-20-17(10-14)23-16-4-2-3-5-16;/h6-10,13,16H,2-5,11-12H2,1H3,(H2,19,21,22);1H. The first-order valence-electron chi connectivity index (χ1n) is 8.40. The summed E-state index contributed by atoms with van der Waals surface area (Å²) in [6.45, 7) is 1.46. The number of nitrogens with zero attached hydrogens (tertiary/aromatic N) is 2. The van der Waals surface area contributed by atoms with Crippen molar-refractivity contribution < 1.29 is 4.74 Å². The quantitative estimate of drug-likeness (QED) is 0.380. The molecule has 2 aromatic rings. The minimum Gasteiger partial charge on any atom is -0.474 e. The topological polar surface area (TPSA) is 58.5 Å². The lowest BCUT2D eigenvalue weighted by Crippen LogP contribution is -2.36. The third-order valence-electron chi connectivity index (χ3n) is 4.11. The Morgan fingerprint density at radius 3 is 2.68 bits per heavy atom. The van der Waals surface area contributed by atoms with Gasteiger partial charge < -0.3 is 15.4 Å². The van der Waals surface area contributed by atoms with E-state index in [0.29, 0.717) is 12.6 Å². The first kappa shape index (κ1) is 20.0. The Morgan fingerprint density at radius 2 is 2.00 bits per heavy atom. The van der Waals surface area contributed by atoms with E-state index in [0.717, 1.165) is 36.8 Å². The molecule has 0 aliphatic heterocycles. The van der Waals surface area contributed by atoms with Crippen LogP contribution in [0.4, 0.5) is 0 Å². The van der Waals surface area contributed by atoms with E-state index in [1.165, 1.54) is 18.4 Å². The lowest BCUT2D eigenvalue weighted by atomic mass is 10.2. The number of aromatic nitrogens is 1. The van der Waals surface area contributed by atoms with E-state index in [9.17, 15) is 0 Å². The van der Waals surface area contributed by atoms with Gasteiger partial charge >= 0.3 is 0 Å². The Bertz CT molecular complexity index is 657. The van der Waals surface area contributed by atoms with Crippen molar-refractivity contribution in [2.75, 3.05) is 7.05 Å². The van der Waals surface area contributed by atoms with Gasteiger partial charge in [-0.25, -0.2) is 4.98 Å². The van der Waals surface area contributed by atoms with Crippen LogP contribution >= 0.6 is 35.3 Å². The zero-order valence-electron chi connectivity index (χ0n) is 14.4. The van der Waals surface area contributed by atoms with Gasteiger partial charge in [-0.05, 0) is 59.7 Å². The zero-order valence-corrected chi connectivity index (χ0v) is 17.6. The zero-order chi connectivity index (χ0) is 16.6. The summed E-state index contributed by atoms with van der Waals surface area (Å²) in [6.07, 6.45) is 6.95. The van der Waals surface area contributed by atoms with Crippen LogP contribution in [0.25, 0.3) is 0 Å². The molecule has 0 spiro atoms. The summed E-state index contributed by atoms with van der Waals surface area (Å²) in [6, 6.07) is 6.12. The second-order valence-corrected chi connectivity index (χ2v) is 6.72. The van der Waals surface area contributed by atoms with Gasteiger partial charge in [0.1, 0.15) is 6.10 Å². The molecule has 1 aliphatic carbocycles. The number of pyridine rings is 1. The maximum absolute atomic E-state index is 5.96. The molecule has 0 amide bonds. The maximum atomic E-state index is 5.96. The Balaban J connectivity index is 0.00000225. The highest BCUT2D eigenvalue weighted by Crippen LogP contribution is 2.23. The van der Waals surface area contributed by atoms with E-state index >= 15 is 0 Å². The fraction of sp³-hybridized carbons (Fsp3) is 0.444. The van der Waals surface area contributed by atoms with Crippen LogP contribution in [0.1, 0.15) is 36.8 Å². The molecular formula is C18H25IN4OS. The second-order valence-electron chi connectivity index (χ2n) is 5.94. The van der Waals surface area contributed by atoms with Crippen LogP contribution in [0.15, 0.2) is 40.1 Å². The summed E-state index contributed by atoms with van der Waals surface area (Å²) in [7, 11) is 1.78. The van der Waals surface area contributed by atoms with Gasteiger partial charge in [-0.15, -0.1) is 24.0 Å². The summed E-state index contributed by atoms with van der Waals surface area (Å²) in [5.41, 5.74) is 2.40. The van der Waals surface area contributed by atoms with E-state index in [2.05, 4.69) is 37.4 Å². The second kappa shape index (κ2) is 10.6. The van der Waals surface area contributed by atoms with E-state index < -0.39 is 0 Å². The fourth-order valence-corrected chi connectivity index (χ4v) is 3.46. The van der Waals surface area contributed by atoms with Crippen LogP contribution in [0.3, 0.4) is 0 Å². The Morgan fingerprint density at radius 1 is 1.24 bits per heavy atom. The molecule has 5 nitrogen and oxygen atoms in total. The summed E-state index contributed by atoms with van der Waals surface area (Å²) in [4.78, 5) is 8.58. The summed E-state index contributed by atoms with van der Waals surface area (Å²) in [5.74, 6) is 1.51. The lowest BCUT2D eigenvalue weighted by Gasteiger charge is -2.14. The van der Waals surface area contributed by atoms with E-state index in [-0.39, 0.29) is 24.0 Å². The van der Waals surface area contributed by atoms with Gasteiger partial charge in [-0.2, -0.15) is 11.3 Å². The average molecular weight is 472 g/mol. The maximum Gasteiger partial charge on any atom is 0.213 e. The molecule has 2 heterocycles. The van der Waals surface area contributed by atoms with Crippen molar-refractivity contribution in [3.8, 4) is 5.88 Å². The van der Waals surface area contributed by atoms with Gasteiger partial charge in [0.15, 0.2) is 5.96 Å². The SMILES string of the molecule is CN=C(NCc1ccsc1)NCc1ccnc(OC2CCCC2)c1.I. The highest BCUT2D eigenvalue weighted by Gasteiger charge is 2.17. The highest BCUT2D eigenvalue weighted by molar-refractivity contribution is 14.0. The summed E-state index contributed by atoms with van der Waals surface area (Å²) in [5, 5.41) is 10.9. The van der Waals surface area contributed by atoms with Crippen LogP contribution in [0.2, 0.25) is 0 Å². The van der Waals surface area contributed by atoms with Gasteiger partial charge in [0.2, 0.25) is 5.88 Å². The van der Waals surface area contributed by atoms with Crippen molar-refractivity contribution in [2.24, 2.45) is 4.99 Å². The number of aliphatic imine (C=N–C) groups is 1. The third-order valence-corrected chi connectivity index (χ3v) is 4.84. The van der Waals surface area contributed by atoms with Crippen LogP contribution in [-0.4, -0.2) is 24.1 Å². The van der Waals surface area contributed by atoms with Gasteiger partial charge in [-0.1, -0.05) is 0 Å². The molecule has 0 aromatic carbocycles. The number of rotatable bonds is 6. The fourth-order valence-electron chi connectivity index (χ4n) is 2.79. The predicted molar refractivity (Wildman–Crippen MR) is 114 cm³/mol. The Kier molecular flexibility index (Phi) is 8.47. The van der Waals surface area contributed by atoms with Crippen LogP contribution < -0.4 is 15.4 Å². The van der Waals surface area contributed by atoms with E-state index in [1.54, 1.807) is 18.4 Å². The van der Waals surface area contributed by atoms with Crippen LogP contribution in [0, 0.1) is 0 Å². The molecule has 0 unspecified atom stereocenters. The lowest BCUT2D eigenvalue weighted by molar-refractivity contribution is 0.201. The minimum atomic E-state index is 0. The molecule has 136 valence electrons. The number of thiophene rings is 1.